The highest BCUT2D eigenvalue weighted by Gasteiger charge is 2.24. The molecule has 1 amide bonds. The van der Waals surface area contributed by atoms with Crippen LogP contribution in [0.1, 0.15) is 56.8 Å². The lowest BCUT2D eigenvalue weighted by Gasteiger charge is -2.29. The van der Waals surface area contributed by atoms with Gasteiger partial charge in [-0.2, -0.15) is 4.31 Å². The maximum Gasteiger partial charge on any atom is 0.338 e. The highest BCUT2D eigenvalue weighted by molar-refractivity contribution is 7.89. The Hall–Kier alpha value is -1.93. The number of hydrogen-bond donors (Lipinski definition) is 1. The van der Waals surface area contributed by atoms with Crippen molar-refractivity contribution in [3.8, 4) is 0 Å². The van der Waals surface area contributed by atoms with E-state index in [0.29, 0.717) is 19.0 Å². The summed E-state index contributed by atoms with van der Waals surface area (Å²) in [5.74, 6) is -0.542. The quantitative estimate of drug-likeness (QED) is 0.665. The van der Waals surface area contributed by atoms with Crippen LogP contribution in [-0.4, -0.2) is 50.3 Å². The first-order valence-corrected chi connectivity index (χ1v) is 11.3. The Kier molecular flexibility index (Phi) is 8.00. The van der Waals surface area contributed by atoms with Crippen molar-refractivity contribution in [1.29, 1.82) is 0 Å². The molecule has 2 unspecified atom stereocenters. The van der Waals surface area contributed by atoms with Gasteiger partial charge >= 0.3 is 5.97 Å². The second-order valence-corrected chi connectivity index (χ2v) is 9.06. The molecule has 8 heteroatoms. The Balaban J connectivity index is 1.91. The number of sulfonamides is 1. The van der Waals surface area contributed by atoms with Crippen molar-refractivity contribution in [2.24, 2.45) is 5.92 Å². The molecule has 1 N–H and O–H groups in total. The van der Waals surface area contributed by atoms with Crippen molar-refractivity contribution in [1.82, 2.24) is 9.62 Å². The minimum absolute atomic E-state index is 0.122. The smallest absolute Gasteiger partial charge is 0.338 e. The fourth-order valence-corrected chi connectivity index (χ4v) is 4.93. The lowest BCUT2D eigenvalue weighted by atomic mass is 9.86. The standard InChI is InChI=1S/C20H30N2O5S/c1-4-22(5-2)28(25,26)17-12-10-16(11-13-17)20(24)27-14-19(23)21-18-9-7-6-8-15(18)3/h10-13,15,18H,4-9,14H2,1-3H3,(H,21,23). The van der Waals surface area contributed by atoms with Gasteiger partial charge in [-0.3, -0.25) is 4.79 Å². The van der Waals surface area contributed by atoms with E-state index < -0.39 is 16.0 Å². The highest BCUT2D eigenvalue weighted by Crippen LogP contribution is 2.23. The average Bonchev–Trinajstić information content (AvgIpc) is 2.68. The van der Waals surface area contributed by atoms with Crippen molar-refractivity contribution < 1.29 is 22.7 Å². The second-order valence-electron chi connectivity index (χ2n) is 7.13. The van der Waals surface area contributed by atoms with E-state index in [1.807, 2.05) is 0 Å². The molecule has 1 aliphatic carbocycles. The van der Waals surface area contributed by atoms with Gasteiger partial charge in [0.05, 0.1) is 10.5 Å². The summed E-state index contributed by atoms with van der Waals surface area (Å²) in [6.45, 7) is 6.05. The summed E-state index contributed by atoms with van der Waals surface area (Å²) in [4.78, 5) is 24.3. The van der Waals surface area contributed by atoms with E-state index in [2.05, 4.69) is 12.2 Å². The summed E-state index contributed by atoms with van der Waals surface area (Å²) in [6.07, 6.45) is 4.32. The zero-order valence-corrected chi connectivity index (χ0v) is 17.6. The first kappa shape index (κ1) is 22.4. The fraction of sp³-hybridized carbons (Fsp3) is 0.600. The molecule has 7 nitrogen and oxygen atoms in total. The van der Waals surface area contributed by atoms with Crippen molar-refractivity contribution in [2.45, 2.75) is 57.4 Å². The van der Waals surface area contributed by atoms with E-state index in [1.165, 1.54) is 35.0 Å². The third kappa shape index (κ3) is 5.54. The van der Waals surface area contributed by atoms with Crippen molar-refractivity contribution in [3.05, 3.63) is 29.8 Å². The molecule has 0 spiro atoms. The van der Waals surface area contributed by atoms with Gasteiger partial charge < -0.3 is 10.1 Å². The molecular formula is C20H30N2O5S. The summed E-state index contributed by atoms with van der Waals surface area (Å²) in [5.41, 5.74) is 0.206. The van der Waals surface area contributed by atoms with Crippen LogP contribution >= 0.6 is 0 Å². The number of hydrogen-bond acceptors (Lipinski definition) is 5. The molecule has 0 bridgehead atoms. The molecular weight excluding hydrogens is 380 g/mol. The molecule has 0 saturated heterocycles. The first-order chi connectivity index (χ1) is 13.3. The van der Waals surface area contributed by atoms with Crippen LogP contribution in [-0.2, 0) is 19.6 Å². The number of ether oxygens (including phenoxy) is 1. The van der Waals surface area contributed by atoms with E-state index in [1.54, 1.807) is 13.8 Å². The predicted octanol–water partition coefficient (Wildman–Crippen LogP) is 2.57. The van der Waals surface area contributed by atoms with Gasteiger partial charge in [-0.25, -0.2) is 13.2 Å². The van der Waals surface area contributed by atoms with Crippen molar-refractivity contribution in [2.75, 3.05) is 19.7 Å². The normalized spacial score (nSPS) is 20.0. The molecule has 0 heterocycles. The number of amides is 1. The number of rotatable bonds is 8. The SMILES string of the molecule is CCN(CC)S(=O)(=O)c1ccc(C(=O)OCC(=O)NC2CCCCC2C)cc1. The van der Waals surface area contributed by atoms with Crippen LogP contribution < -0.4 is 5.32 Å². The van der Waals surface area contributed by atoms with Crippen LogP contribution in [0.2, 0.25) is 0 Å². The van der Waals surface area contributed by atoms with Gasteiger partial charge in [0.1, 0.15) is 0 Å². The van der Waals surface area contributed by atoms with Crippen LogP contribution in [0.25, 0.3) is 0 Å². The van der Waals surface area contributed by atoms with E-state index in [9.17, 15) is 18.0 Å². The first-order valence-electron chi connectivity index (χ1n) is 9.86. The molecule has 0 radical (unpaired) electrons. The lowest BCUT2D eigenvalue weighted by molar-refractivity contribution is -0.125. The Morgan fingerprint density at radius 2 is 1.71 bits per heavy atom. The fourth-order valence-electron chi connectivity index (χ4n) is 3.47. The third-order valence-electron chi connectivity index (χ3n) is 5.23. The molecule has 1 aromatic rings. The molecule has 0 aromatic heterocycles. The van der Waals surface area contributed by atoms with Crippen LogP contribution in [0.15, 0.2) is 29.2 Å². The highest BCUT2D eigenvalue weighted by atomic mass is 32.2. The largest absolute Gasteiger partial charge is 0.452 e. The number of carbonyl (C=O) groups is 2. The zero-order valence-electron chi connectivity index (χ0n) is 16.8. The van der Waals surface area contributed by atoms with E-state index in [0.717, 1.165) is 19.3 Å². The number of nitrogens with zero attached hydrogens (tertiary/aromatic N) is 1. The number of nitrogens with one attached hydrogen (secondary N) is 1. The van der Waals surface area contributed by atoms with Gasteiger partial charge in [0.25, 0.3) is 5.91 Å². The Morgan fingerprint density at radius 1 is 1.11 bits per heavy atom. The summed E-state index contributed by atoms with van der Waals surface area (Å²) in [6, 6.07) is 5.70. The molecule has 1 saturated carbocycles. The molecule has 28 heavy (non-hydrogen) atoms. The summed E-state index contributed by atoms with van der Waals surface area (Å²) >= 11 is 0. The average molecular weight is 411 g/mol. The predicted molar refractivity (Wildman–Crippen MR) is 106 cm³/mol. The topological polar surface area (TPSA) is 92.8 Å². The lowest BCUT2D eigenvalue weighted by Crippen LogP contribution is -2.42. The van der Waals surface area contributed by atoms with Gasteiger partial charge in [-0.1, -0.05) is 33.6 Å². The molecule has 2 rings (SSSR count). The molecule has 1 aliphatic rings. The molecule has 0 aliphatic heterocycles. The van der Waals surface area contributed by atoms with E-state index in [4.69, 9.17) is 4.74 Å². The monoisotopic (exact) mass is 410 g/mol. The van der Waals surface area contributed by atoms with Crippen molar-refractivity contribution in [3.63, 3.8) is 0 Å². The van der Waals surface area contributed by atoms with E-state index in [-0.39, 0.29) is 29.0 Å². The maximum atomic E-state index is 12.5. The van der Waals surface area contributed by atoms with Crippen LogP contribution in [0.5, 0.6) is 0 Å². The van der Waals surface area contributed by atoms with E-state index >= 15 is 0 Å². The van der Waals surface area contributed by atoms with Gasteiger partial charge in [0, 0.05) is 19.1 Å². The maximum absolute atomic E-state index is 12.5. The van der Waals surface area contributed by atoms with Gasteiger partial charge in [-0.05, 0) is 43.0 Å². The minimum Gasteiger partial charge on any atom is -0.452 e. The summed E-state index contributed by atoms with van der Waals surface area (Å²) in [7, 11) is -3.57. The molecule has 1 aromatic carbocycles. The van der Waals surface area contributed by atoms with Gasteiger partial charge in [0.15, 0.2) is 6.61 Å². The van der Waals surface area contributed by atoms with Crippen LogP contribution in [0.3, 0.4) is 0 Å². The molecule has 156 valence electrons. The minimum atomic E-state index is -3.57. The summed E-state index contributed by atoms with van der Waals surface area (Å²) in [5, 5.41) is 2.93. The van der Waals surface area contributed by atoms with Crippen molar-refractivity contribution >= 4 is 21.9 Å². The number of carbonyl (C=O) groups excluding carboxylic acids is 2. The number of benzene rings is 1. The second kappa shape index (κ2) is 10.0. The van der Waals surface area contributed by atoms with Crippen LogP contribution in [0, 0.1) is 5.92 Å². The number of esters is 1. The van der Waals surface area contributed by atoms with Gasteiger partial charge in [-0.15, -0.1) is 0 Å². The molecule has 1 fully saturated rings. The zero-order chi connectivity index (χ0) is 20.7. The molecule has 2 atom stereocenters. The Bertz CT molecular complexity index is 772. The third-order valence-corrected chi connectivity index (χ3v) is 7.29. The summed E-state index contributed by atoms with van der Waals surface area (Å²) < 4.78 is 31.3. The van der Waals surface area contributed by atoms with Crippen LogP contribution in [0.4, 0.5) is 0 Å². The Morgan fingerprint density at radius 3 is 2.29 bits per heavy atom. The van der Waals surface area contributed by atoms with Gasteiger partial charge in [0.2, 0.25) is 10.0 Å². The Labute approximate surface area is 167 Å².